The molecule has 0 spiro atoms. The highest BCUT2D eigenvalue weighted by Gasteiger charge is 2.01. The van der Waals surface area contributed by atoms with Gasteiger partial charge >= 0.3 is 0 Å². The third-order valence-electron chi connectivity index (χ3n) is 2.44. The van der Waals surface area contributed by atoms with E-state index in [9.17, 15) is 0 Å². The Kier molecular flexibility index (Phi) is 3.66. The maximum atomic E-state index is 8.70. The van der Waals surface area contributed by atoms with Gasteiger partial charge in [-0.05, 0) is 29.8 Å². The first-order valence-corrected chi connectivity index (χ1v) is 5.72. The van der Waals surface area contributed by atoms with E-state index in [4.69, 9.17) is 22.6 Å². The van der Waals surface area contributed by atoms with Crippen LogP contribution in [0.15, 0.2) is 36.4 Å². The molecule has 0 atom stereocenters. The number of nitrogen functional groups attached to an aromatic ring is 1. The van der Waals surface area contributed by atoms with Crippen LogP contribution >= 0.6 is 11.6 Å². The number of anilines is 2. The summed E-state index contributed by atoms with van der Waals surface area (Å²) in [5, 5.41) is 12.2. The molecule has 0 unspecified atom stereocenters. The van der Waals surface area contributed by atoms with Gasteiger partial charge < -0.3 is 11.1 Å². The quantitative estimate of drug-likeness (QED) is 0.830. The van der Waals surface area contributed by atoms with E-state index in [1.54, 1.807) is 24.3 Å². The van der Waals surface area contributed by atoms with Gasteiger partial charge in [0.15, 0.2) is 5.82 Å². The van der Waals surface area contributed by atoms with Gasteiger partial charge in [-0.15, -0.1) is 0 Å². The molecule has 1 heterocycles. The number of rotatable bonds is 3. The highest BCUT2D eigenvalue weighted by atomic mass is 35.5. The highest BCUT2D eigenvalue weighted by molar-refractivity contribution is 6.29. The van der Waals surface area contributed by atoms with Gasteiger partial charge in [-0.2, -0.15) is 5.26 Å². The average molecular weight is 259 g/mol. The lowest BCUT2D eigenvalue weighted by Crippen LogP contribution is -2.04. The number of aromatic nitrogens is 1. The molecule has 5 heteroatoms. The maximum absolute atomic E-state index is 8.70. The van der Waals surface area contributed by atoms with E-state index >= 15 is 0 Å². The Bertz CT molecular complexity index is 587. The zero-order valence-corrected chi connectivity index (χ0v) is 10.3. The Balaban J connectivity index is 2.07. The van der Waals surface area contributed by atoms with E-state index in [1.807, 2.05) is 12.1 Å². The Morgan fingerprint density at radius 1 is 1.22 bits per heavy atom. The number of nitriles is 1. The zero-order chi connectivity index (χ0) is 13.0. The Labute approximate surface area is 110 Å². The minimum Gasteiger partial charge on any atom is -0.396 e. The first-order chi connectivity index (χ1) is 8.69. The first kappa shape index (κ1) is 12.2. The zero-order valence-electron chi connectivity index (χ0n) is 9.52. The van der Waals surface area contributed by atoms with Crippen LogP contribution in [0.3, 0.4) is 0 Å². The second-order valence-electron chi connectivity index (χ2n) is 3.73. The van der Waals surface area contributed by atoms with Crippen LogP contribution in [0.25, 0.3) is 0 Å². The third kappa shape index (κ3) is 2.90. The van der Waals surface area contributed by atoms with E-state index in [0.717, 1.165) is 5.56 Å². The van der Waals surface area contributed by atoms with Gasteiger partial charge in [0.25, 0.3) is 0 Å². The molecular formula is C13H11ClN4. The lowest BCUT2D eigenvalue weighted by molar-refractivity contribution is 1.11. The lowest BCUT2D eigenvalue weighted by atomic mass is 10.1. The molecule has 0 amide bonds. The predicted octanol–water partition coefficient (Wildman–Crippen LogP) is 2.80. The fourth-order valence-electron chi connectivity index (χ4n) is 1.47. The van der Waals surface area contributed by atoms with Crippen LogP contribution in [0.1, 0.15) is 11.1 Å². The van der Waals surface area contributed by atoms with Crippen molar-refractivity contribution in [3.05, 3.63) is 52.7 Å². The average Bonchev–Trinajstić information content (AvgIpc) is 2.40. The molecule has 3 N–H and O–H groups in total. The Morgan fingerprint density at radius 2 is 1.94 bits per heavy atom. The second-order valence-corrected chi connectivity index (χ2v) is 4.12. The Morgan fingerprint density at radius 3 is 2.61 bits per heavy atom. The summed E-state index contributed by atoms with van der Waals surface area (Å²) >= 11 is 5.80. The molecule has 2 rings (SSSR count). The fraction of sp³-hybridized carbons (Fsp3) is 0.0769. The number of benzene rings is 1. The number of nitrogens with two attached hydrogens (primary N) is 1. The van der Waals surface area contributed by atoms with E-state index in [1.165, 1.54) is 0 Å². The van der Waals surface area contributed by atoms with Crippen LogP contribution in [-0.4, -0.2) is 4.98 Å². The molecule has 0 fully saturated rings. The van der Waals surface area contributed by atoms with Gasteiger partial charge in [0, 0.05) is 6.54 Å². The fourth-order valence-corrected chi connectivity index (χ4v) is 1.62. The van der Waals surface area contributed by atoms with Crippen molar-refractivity contribution >= 4 is 23.1 Å². The number of nitrogens with zero attached hydrogens (tertiary/aromatic N) is 2. The van der Waals surface area contributed by atoms with Gasteiger partial charge in [0.2, 0.25) is 0 Å². The minimum atomic E-state index is 0.395. The summed E-state index contributed by atoms with van der Waals surface area (Å²) in [5.74, 6) is 0.562. The second kappa shape index (κ2) is 5.39. The standard InChI is InChI=1S/C13H11ClN4/c14-12-6-5-11(16)13(18-12)17-8-10-3-1-9(7-15)2-4-10/h1-6H,8,16H2,(H,17,18). The maximum Gasteiger partial charge on any atom is 0.151 e. The van der Waals surface area contributed by atoms with Crippen LogP contribution in [-0.2, 0) is 6.54 Å². The topological polar surface area (TPSA) is 74.7 Å². The number of hydrogen-bond acceptors (Lipinski definition) is 4. The molecule has 90 valence electrons. The molecule has 0 radical (unpaired) electrons. The van der Waals surface area contributed by atoms with Crippen LogP contribution in [0.5, 0.6) is 0 Å². The van der Waals surface area contributed by atoms with Crippen molar-refractivity contribution in [3.63, 3.8) is 0 Å². The SMILES string of the molecule is N#Cc1ccc(CNc2nc(Cl)ccc2N)cc1. The van der Waals surface area contributed by atoms with E-state index in [-0.39, 0.29) is 0 Å². The largest absolute Gasteiger partial charge is 0.396 e. The molecule has 4 nitrogen and oxygen atoms in total. The molecule has 18 heavy (non-hydrogen) atoms. The van der Waals surface area contributed by atoms with Crippen molar-refractivity contribution in [1.82, 2.24) is 4.98 Å². The molecule has 0 saturated heterocycles. The highest BCUT2D eigenvalue weighted by Crippen LogP contribution is 2.19. The normalized spacial score (nSPS) is 9.78. The molecule has 0 aliphatic heterocycles. The number of hydrogen-bond donors (Lipinski definition) is 2. The first-order valence-electron chi connectivity index (χ1n) is 5.34. The molecular weight excluding hydrogens is 248 g/mol. The van der Waals surface area contributed by atoms with Gasteiger partial charge in [-0.3, -0.25) is 0 Å². The molecule has 0 aliphatic carbocycles. The van der Waals surface area contributed by atoms with Gasteiger partial charge in [0.1, 0.15) is 5.15 Å². The summed E-state index contributed by atoms with van der Waals surface area (Å²) in [5.41, 5.74) is 8.00. The van der Waals surface area contributed by atoms with Crippen LogP contribution < -0.4 is 11.1 Å². The molecule has 2 aromatic rings. The molecule has 1 aromatic heterocycles. The summed E-state index contributed by atoms with van der Waals surface area (Å²) in [4.78, 5) is 4.10. The van der Waals surface area contributed by atoms with Gasteiger partial charge in [-0.1, -0.05) is 23.7 Å². The molecule has 0 bridgehead atoms. The van der Waals surface area contributed by atoms with Gasteiger partial charge in [0.05, 0.1) is 17.3 Å². The predicted molar refractivity (Wildman–Crippen MR) is 72.1 cm³/mol. The monoisotopic (exact) mass is 258 g/mol. The van der Waals surface area contributed by atoms with Crippen molar-refractivity contribution in [2.75, 3.05) is 11.1 Å². The third-order valence-corrected chi connectivity index (χ3v) is 2.65. The van der Waals surface area contributed by atoms with Gasteiger partial charge in [-0.25, -0.2) is 4.98 Å². The summed E-state index contributed by atoms with van der Waals surface area (Å²) in [6.45, 7) is 0.573. The van der Waals surface area contributed by atoms with Crippen LogP contribution in [0.2, 0.25) is 5.15 Å². The van der Waals surface area contributed by atoms with E-state index < -0.39 is 0 Å². The van der Waals surface area contributed by atoms with Crippen molar-refractivity contribution in [2.24, 2.45) is 0 Å². The number of pyridine rings is 1. The molecule has 1 aromatic carbocycles. The minimum absolute atomic E-state index is 0.395. The van der Waals surface area contributed by atoms with Crippen molar-refractivity contribution < 1.29 is 0 Å². The summed E-state index contributed by atoms with van der Waals surface area (Å²) in [7, 11) is 0. The molecule has 0 aliphatic rings. The Hall–Kier alpha value is -2.25. The summed E-state index contributed by atoms with van der Waals surface area (Å²) in [6, 6.07) is 12.7. The van der Waals surface area contributed by atoms with Crippen LogP contribution in [0, 0.1) is 11.3 Å². The van der Waals surface area contributed by atoms with Crippen molar-refractivity contribution in [1.29, 1.82) is 5.26 Å². The summed E-state index contributed by atoms with van der Waals surface area (Å²) in [6.07, 6.45) is 0. The van der Waals surface area contributed by atoms with E-state index in [2.05, 4.69) is 16.4 Å². The number of nitrogens with one attached hydrogen (secondary N) is 1. The van der Waals surface area contributed by atoms with E-state index in [0.29, 0.717) is 28.8 Å². The number of halogens is 1. The smallest absolute Gasteiger partial charge is 0.151 e. The molecule has 0 saturated carbocycles. The summed E-state index contributed by atoms with van der Waals surface area (Å²) < 4.78 is 0. The van der Waals surface area contributed by atoms with Crippen LogP contribution in [0.4, 0.5) is 11.5 Å². The van der Waals surface area contributed by atoms with Crippen molar-refractivity contribution in [2.45, 2.75) is 6.54 Å². The lowest BCUT2D eigenvalue weighted by Gasteiger charge is -2.08. The van der Waals surface area contributed by atoms with Crippen molar-refractivity contribution in [3.8, 4) is 6.07 Å².